The van der Waals surface area contributed by atoms with E-state index in [9.17, 15) is 0 Å². The smallest absolute Gasteiger partial charge is 0.213 e. The Kier molecular flexibility index (Phi) is 6.08. The van der Waals surface area contributed by atoms with Crippen molar-refractivity contribution in [2.75, 3.05) is 20.7 Å². The first-order valence-corrected chi connectivity index (χ1v) is 7.28. The molecule has 0 radical (unpaired) electrons. The number of rotatable bonds is 7. The van der Waals surface area contributed by atoms with Crippen molar-refractivity contribution in [1.82, 2.24) is 9.88 Å². The number of aryl methyl sites for hydroxylation is 1. The SMILES string of the molecule is CCCc1cc(CCl)cc(OCC(C)(C)N(C)C)n1. The minimum atomic E-state index is -0.0242. The largest absolute Gasteiger partial charge is 0.476 e. The molecule has 0 aliphatic carbocycles. The van der Waals surface area contributed by atoms with Crippen LogP contribution in [-0.2, 0) is 12.3 Å². The van der Waals surface area contributed by atoms with E-state index in [1.807, 2.05) is 6.07 Å². The van der Waals surface area contributed by atoms with Crippen LogP contribution in [0.3, 0.4) is 0 Å². The second-order valence-electron chi connectivity index (χ2n) is 5.68. The first-order valence-electron chi connectivity index (χ1n) is 6.75. The van der Waals surface area contributed by atoms with E-state index in [4.69, 9.17) is 16.3 Å². The van der Waals surface area contributed by atoms with Gasteiger partial charge in [0.2, 0.25) is 5.88 Å². The summed E-state index contributed by atoms with van der Waals surface area (Å²) in [6.07, 6.45) is 2.03. The fraction of sp³-hybridized carbons (Fsp3) is 0.667. The zero-order valence-electron chi connectivity index (χ0n) is 12.7. The molecular formula is C15H25ClN2O. The second-order valence-corrected chi connectivity index (χ2v) is 5.95. The number of hydrogen-bond donors (Lipinski definition) is 0. The van der Waals surface area contributed by atoms with Crippen LogP contribution in [0.1, 0.15) is 38.4 Å². The van der Waals surface area contributed by atoms with Crippen LogP contribution in [0.2, 0.25) is 0 Å². The summed E-state index contributed by atoms with van der Waals surface area (Å²) >= 11 is 5.92. The van der Waals surface area contributed by atoms with Gasteiger partial charge in [0.15, 0.2) is 0 Å². The minimum Gasteiger partial charge on any atom is -0.476 e. The molecule has 0 aliphatic heterocycles. The molecular weight excluding hydrogens is 260 g/mol. The Morgan fingerprint density at radius 3 is 2.53 bits per heavy atom. The van der Waals surface area contributed by atoms with Crippen molar-refractivity contribution < 1.29 is 4.74 Å². The third-order valence-electron chi connectivity index (χ3n) is 3.36. The van der Waals surface area contributed by atoms with E-state index in [2.05, 4.69) is 50.8 Å². The van der Waals surface area contributed by atoms with Gasteiger partial charge in [-0.25, -0.2) is 4.98 Å². The van der Waals surface area contributed by atoms with Crippen LogP contribution >= 0.6 is 11.6 Å². The molecule has 0 amide bonds. The van der Waals surface area contributed by atoms with E-state index in [0.29, 0.717) is 18.4 Å². The van der Waals surface area contributed by atoms with Crippen molar-refractivity contribution in [2.24, 2.45) is 0 Å². The molecule has 0 spiro atoms. The van der Waals surface area contributed by atoms with Gasteiger partial charge >= 0.3 is 0 Å². The zero-order chi connectivity index (χ0) is 14.5. The number of aromatic nitrogens is 1. The van der Waals surface area contributed by atoms with Crippen LogP contribution in [0, 0.1) is 0 Å². The Balaban J connectivity index is 2.80. The molecule has 4 heteroatoms. The normalized spacial score (nSPS) is 11.9. The lowest BCUT2D eigenvalue weighted by Gasteiger charge is -2.32. The number of alkyl halides is 1. The summed E-state index contributed by atoms with van der Waals surface area (Å²) in [5, 5.41) is 0. The number of nitrogens with zero attached hydrogens (tertiary/aromatic N) is 2. The topological polar surface area (TPSA) is 25.4 Å². The Hall–Kier alpha value is -0.800. The molecule has 0 atom stereocenters. The quantitative estimate of drug-likeness (QED) is 0.717. The Morgan fingerprint density at radius 2 is 2.00 bits per heavy atom. The molecule has 0 unspecified atom stereocenters. The van der Waals surface area contributed by atoms with Crippen molar-refractivity contribution in [3.05, 3.63) is 23.4 Å². The highest BCUT2D eigenvalue weighted by atomic mass is 35.5. The van der Waals surface area contributed by atoms with Crippen molar-refractivity contribution in [2.45, 2.75) is 45.0 Å². The highest BCUT2D eigenvalue weighted by molar-refractivity contribution is 6.17. The summed E-state index contributed by atoms with van der Waals surface area (Å²) in [6.45, 7) is 7.03. The molecule has 1 rings (SSSR count). The van der Waals surface area contributed by atoms with Crippen molar-refractivity contribution >= 4 is 11.6 Å². The summed E-state index contributed by atoms with van der Waals surface area (Å²) in [7, 11) is 4.10. The molecule has 1 aromatic heterocycles. The second kappa shape index (κ2) is 7.11. The van der Waals surface area contributed by atoms with E-state index < -0.39 is 0 Å². The van der Waals surface area contributed by atoms with Gasteiger partial charge in [0, 0.05) is 23.2 Å². The van der Waals surface area contributed by atoms with E-state index in [1.54, 1.807) is 0 Å². The van der Waals surface area contributed by atoms with Crippen molar-refractivity contribution in [3.8, 4) is 5.88 Å². The first kappa shape index (κ1) is 16.3. The monoisotopic (exact) mass is 284 g/mol. The number of ether oxygens (including phenoxy) is 1. The van der Waals surface area contributed by atoms with Gasteiger partial charge in [-0.2, -0.15) is 0 Å². The molecule has 0 aromatic carbocycles. The predicted octanol–water partition coefficient (Wildman–Crippen LogP) is 3.49. The van der Waals surface area contributed by atoms with Gasteiger partial charge in [0.1, 0.15) is 6.61 Å². The van der Waals surface area contributed by atoms with Crippen molar-refractivity contribution in [1.29, 1.82) is 0 Å². The maximum absolute atomic E-state index is 5.92. The Labute approximate surface area is 121 Å². The van der Waals surface area contributed by atoms with E-state index >= 15 is 0 Å². The molecule has 0 N–H and O–H groups in total. The van der Waals surface area contributed by atoms with Crippen molar-refractivity contribution in [3.63, 3.8) is 0 Å². The molecule has 108 valence electrons. The molecule has 1 heterocycles. The maximum atomic E-state index is 5.92. The fourth-order valence-corrected chi connectivity index (χ4v) is 1.69. The van der Waals surface area contributed by atoms with Crippen LogP contribution in [0.15, 0.2) is 12.1 Å². The zero-order valence-corrected chi connectivity index (χ0v) is 13.4. The van der Waals surface area contributed by atoms with Crippen LogP contribution in [0.5, 0.6) is 5.88 Å². The molecule has 1 aromatic rings. The fourth-order valence-electron chi connectivity index (χ4n) is 1.54. The molecule has 19 heavy (non-hydrogen) atoms. The van der Waals surface area contributed by atoms with E-state index in [-0.39, 0.29) is 5.54 Å². The summed E-state index contributed by atoms with van der Waals surface area (Å²) in [5.74, 6) is 1.17. The van der Waals surface area contributed by atoms with Gasteiger partial charge < -0.3 is 9.64 Å². The lowest BCUT2D eigenvalue weighted by atomic mass is 10.1. The average Bonchev–Trinajstić information content (AvgIpc) is 2.36. The number of likely N-dealkylation sites (N-methyl/N-ethyl adjacent to an activating group) is 1. The lowest BCUT2D eigenvalue weighted by Crippen LogP contribution is -2.43. The van der Waals surface area contributed by atoms with Crippen LogP contribution in [0.25, 0.3) is 0 Å². The number of halogens is 1. The number of hydrogen-bond acceptors (Lipinski definition) is 3. The van der Waals surface area contributed by atoms with Gasteiger partial charge in [0.25, 0.3) is 0 Å². The standard InChI is InChI=1S/C15H25ClN2O/c1-6-7-13-8-12(10-16)9-14(17-13)19-11-15(2,3)18(4)5/h8-9H,6-7,10-11H2,1-5H3. The van der Waals surface area contributed by atoms with Crippen LogP contribution in [-0.4, -0.2) is 36.1 Å². The summed E-state index contributed by atoms with van der Waals surface area (Å²) in [6, 6.07) is 3.98. The maximum Gasteiger partial charge on any atom is 0.213 e. The van der Waals surface area contributed by atoms with E-state index in [0.717, 1.165) is 24.1 Å². The number of pyridine rings is 1. The average molecular weight is 285 g/mol. The van der Waals surface area contributed by atoms with Crippen LogP contribution < -0.4 is 4.74 Å². The minimum absolute atomic E-state index is 0.0242. The first-order chi connectivity index (χ1) is 8.89. The Morgan fingerprint density at radius 1 is 1.32 bits per heavy atom. The van der Waals surface area contributed by atoms with Gasteiger partial charge in [-0.3, -0.25) is 0 Å². The van der Waals surface area contributed by atoms with Gasteiger partial charge in [0.05, 0.1) is 0 Å². The summed E-state index contributed by atoms with van der Waals surface area (Å²) in [4.78, 5) is 6.68. The summed E-state index contributed by atoms with van der Waals surface area (Å²) in [5.41, 5.74) is 2.10. The van der Waals surface area contributed by atoms with Gasteiger partial charge in [-0.05, 0) is 46.0 Å². The summed E-state index contributed by atoms with van der Waals surface area (Å²) < 4.78 is 5.85. The predicted molar refractivity (Wildman–Crippen MR) is 81.1 cm³/mol. The third kappa shape index (κ3) is 5.00. The molecule has 0 bridgehead atoms. The van der Waals surface area contributed by atoms with Crippen LogP contribution in [0.4, 0.5) is 0 Å². The highest BCUT2D eigenvalue weighted by Gasteiger charge is 2.21. The molecule has 0 saturated heterocycles. The Bertz CT molecular complexity index is 405. The molecule has 0 saturated carbocycles. The molecule has 0 fully saturated rings. The lowest BCUT2D eigenvalue weighted by molar-refractivity contribution is 0.111. The molecule has 0 aliphatic rings. The van der Waals surface area contributed by atoms with E-state index in [1.165, 1.54) is 0 Å². The van der Waals surface area contributed by atoms with Gasteiger partial charge in [-0.1, -0.05) is 13.3 Å². The third-order valence-corrected chi connectivity index (χ3v) is 3.67. The highest BCUT2D eigenvalue weighted by Crippen LogP contribution is 2.18. The van der Waals surface area contributed by atoms with Gasteiger partial charge in [-0.15, -0.1) is 11.6 Å². The molecule has 3 nitrogen and oxygen atoms in total.